The second-order valence-electron chi connectivity index (χ2n) is 5.79. The van der Waals surface area contributed by atoms with E-state index in [2.05, 4.69) is 61.0 Å². The SMILES string of the molecule is CCCCN(CC)Cc1cn[nH]c1-c1ccc(C)c(C)c1. The molecule has 1 aromatic carbocycles. The van der Waals surface area contributed by atoms with E-state index in [1.165, 1.54) is 35.1 Å². The second-order valence-corrected chi connectivity index (χ2v) is 5.79. The van der Waals surface area contributed by atoms with Crippen molar-refractivity contribution < 1.29 is 0 Å². The summed E-state index contributed by atoms with van der Waals surface area (Å²) in [6.45, 7) is 12.0. The number of hydrogen-bond acceptors (Lipinski definition) is 2. The highest BCUT2D eigenvalue weighted by atomic mass is 15.1. The van der Waals surface area contributed by atoms with Gasteiger partial charge in [0.25, 0.3) is 0 Å². The molecule has 1 heterocycles. The Bertz CT molecular complexity index is 572. The van der Waals surface area contributed by atoms with E-state index in [0.717, 1.165) is 25.3 Å². The van der Waals surface area contributed by atoms with E-state index in [4.69, 9.17) is 0 Å². The Morgan fingerprint density at radius 3 is 2.62 bits per heavy atom. The van der Waals surface area contributed by atoms with Crippen LogP contribution in [0.4, 0.5) is 0 Å². The first kappa shape index (κ1) is 15.8. The van der Waals surface area contributed by atoms with Crippen LogP contribution in [0.3, 0.4) is 0 Å². The van der Waals surface area contributed by atoms with Crippen LogP contribution >= 0.6 is 0 Å². The van der Waals surface area contributed by atoms with E-state index in [9.17, 15) is 0 Å². The van der Waals surface area contributed by atoms with Crippen LogP contribution in [-0.4, -0.2) is 28.2 Å². The number of benzene rings is 1. The van der Waals surface area contributed by atoms with Gasteiger partial charge in [-0.2, -0.15) is 5.10 Å². The number of nitrogens with zero attached hydrogens (tertiary/aromatic N) is 2. The number of hydrogen-bond donors (Lipinski definition) is 1. The topological polar surface area (TPSA) is 31.9 Å². The quantitative estimate of drug-likeness (QED) is 0.821. The second kappa shape index (κ2) is 7.41. The molecule has 21 heavy (non-hydrogen) atoms. The molecule has 0 aliphatic carbocycles. The summed E-state index contributed by atoms with van der Waals surface area (Å²) in [5.74, 6) is 0. The molecule has 1 N–H and O–H groups in total. The number of aromatic amines is 1. The Hall–Kier alpha value is -1.61. The van der Waals surface area contributed by atoms with Crippen molar-refractivity contribution in [3.8, 4) is 11.3 Å². The molecular formula is C18H27N3. The van der Waals surface area contributed by atoms with Crippen molar-refractivity contribution in [2.45, 2.75) is 47.1 Å². The predicted molar refractivity (Wildman–Crippen MR) is 89.4 cm³/mol. The largest absolute Gasteiger partial charge is 0.299 e. The van der Waals surface area contributed by atoms with Gasteiger partial charge in [-0.15, -0.1) is 0 Å². The summed E-state index contributed by atoms with van der Waals surface area (Å²) in [4.78, 5) is 2.49. The van der Waals surface area contributed by atoms with Crippen LogP contribution < -0.4 is 0 Å². The van der Waals surface area contributed by atoms with Crippen LogP contribution in [0.2, 0.25) is 0 Å². The molecule has 0 spiro atoms. The van der Waals surface area contributed by atoms with E-state index >= 15 is 0 Å². The van der Waals surface area contributed by atoms with E-state index in [0.29, 0.717) is 0 Å². The van der Waals surface area contributed by atoms with E-state index < -0.39 is 0 Å². The highest BCUT2D eigenvalue weighted by Crippen LogP contribution is 2.24. The molecule has 0 aliphatic rings. The van der Waals surface area contributed by atoms with E-state index in [-0.39, 0.29) is 0 Å². The molecule has 0 saturated heterocycles. The highest BCUT2D eigenvalue weighted by molar-refractivity contribution is 5.64. The van der Waals surface area contributed by atoms with Gasteiger partial charge in [-0.25, -0.2) is 0 Å². The molecule has 0 amide bonds. The lowest BCUT2D eigenvalue weighted by Crippen LogP contribution is -2.24. The lowest BCUT2D eigenvalue weighted by molar-refractivity contribution is 0.276. The van der Waals surface area contributed by atoms with Gasteiger partial charge in [0.1, 0.15) is 0 Å². The standard InChI is InChI=1S/C18H27N3/c1-5-7-10-21(6-2)13-17-12-19-20-18(17)16-9-8-14(3)15(4)11-16/h8-9,11-12H,5-7,10,13H2,1-4H3,(H,19,20). The summed E-state index contributed by atoms with van der Waals surface area (Å²) in [6.07, 6.45) is 4.47. The van der Waals surface area contributed by atoms with E-state index in [1.807, 2.05) is 6.20 Å². The molecule has 3 nitrogen and oxygen atoms in total. The third-order valence-corrected chi connectivity index (χ3v) is 4.18. The Balaban J connectivity index is 2.19. The average Bonchev–Trinajstić information content (AvgIpc) is 2.94. The number of rotatable bonds is 7. The molecule has 1 aromatic heterocycles. The number of H-pyrrole nitrogens is 1. The fourth-order valence-corrected chi connectivity index (χ4v) is 2.55. The normalized spacial score (nSPS) is 11.3. The smallest absolute Gasteiger partial charge is 0.0695 e. The van der Waals surface area contributed by atoms with Gasteiger partial charge in [0, 0.05) is 17.7 Å². The maximum Gasteiger partial charge on any atom is 0.0695 e. The molecular weight excluding hydrogens is 258 g/mol. The summed E-state index contributed by atoms with van der Waals surface area (Å²) < 4.78 is 0. The van der Waals surface area contributed by atoms with E-state index in [1.54, 1.807) is 0 Å². The summed E-state index contributed by atoms with van der Waals surface area (Å²) in [6, 6.07) is 6.61. The van der Waals surface area contributed by atoms with Crippen LogP contribution in [0, 0.1) is 13.8 Å². The number of unbranched alkanes of at least 4 members (excludes halogenated alkanes) is 1. The number of aromatic nitrogens is 2. The van der Waals surface area contributed by atoms with Crippen molar-refractivity contribution in [1.29, 1.82) is 0 Å². The number of aryl methyl sites for hydroxylation is 2. The molecule has 2 aromatic rings. The van der Waals surface area contributed by atoms with Crippen LogP contribution in [-0.2, 0) is 6.54 Å². The minimum absolute atomic E-state index is 0.968. The summed E-state index contributed by atoms with van der Waals surface area (Å²) in [5.41, 5.74) is 6.34. The Labute approximate surface area is 128 Å². The van der Waals surface area contributed by atoms with Crippen molar-refractivity contribution in [1.82, 2.24) is 15.1 Å². The average molecular weight is 285 g/mol. The van der Waals surface area contributed by atoms with Gasteiger partial charge in [0.15, 0.2) is 0 Å². The Morgan fingerprint density at radius 2 is 1.95 bits per heavy atom. The van der Waals surface area contributed by atoms with Crippen molar-refractivity contribution in [3.63, 3.8) is 0 Å². The lowest BCUT2D eigenvalue weighted by atomic mass is 10.0. The van der Waals surface area contributed by atoms with Crippen molar-refractivity contribution in [2.75, 3.05) is 13.1 Å². The Kier molecular flexibility index (Phi) is 5.57. The van der Waals surface area contributed by atoms with Crippen molar-refractivity contribution in [3.05, 3.63) is 41.1 Å². The molecule has 0 aliphatic heterocycles. The maximum absolute atomic E-state index is 4.27. The zero-order chi connectivity index (χ0) is 15.2. The Morgan fingerprint density at radius 1 is 1.14 bits per heavy atom. The predicted octanol–water partition coefficient (Wildman–Crippen LogP) is 4.32. The first-order valence-corrected chi connectivity index (χ1v) is 7.97. The zero-order valence-electron chi connectivity index (χ0n) is 13.7. The highest BCUT2D eigenvalue weighted by Gasteiger charge is 2.11. The molecule has 0 unspecified atom stereocenters. The summed E-state index contributed by atoms with van der Waals surface area (Å²) in [7, 11) is 0. The maximum atomic E-state index is 4.27. The first-order valence-electron chi connectivity index (χ1n) is 7.97. The molecule has 2 rings (SSSR count). The van der Waals surface area contributed by atoms with Gasteiger partial charge in [0.05, 0.1) is 11.9 Å². The molecule has 3 heteroatoms. The molecule has 0 atom stereocenters. The van der Waals surface area contributed by atoms with Crippen LogP contribution in [0.25, 0.3) is 11.3 Å². The minimum atomic E-state index is 0.968. The fourth-order valence-electron chi connectivity index (χ4n) is 2.55. The van der Waals surface area contributed by atoms with Crippen molar-refractivity contribution in [2.24, 2.45) is 0 Å². The monoisotopic (exact) mass is 285 g/mol. The molecule has 0 bridgehead atoms. The van der Waals surface area contributed by atoms with Crippen LogP contribution in [0.1, 0.15) is 43.4 Å². The van der Waals surface area contributed by atoms with Gasteiger partial charge >= 0.3 is 0 Å². The third kappa shape index (κ3) is 3.94. The molecule has 114 valence electrons. The lowest BCUT2D eigenvalue weighted by Gasteiger charge is -2.20. The molecule has 0 saturated carbocycles. The molecule has 0 radical (unpaired) electrons. The summed E-state index contributed by atoms with van der Waals surface area (Å²) in [5, 5.41) is 7.44. The number of nitrogens with one attached hydrogen (secondary N) is 1. The van der Waals surface area contributed by atoms with Gasteiger partial charge < -0.3 is 0 Å². The fraction of sp³-hybridized carbons (Fsp3) is 0.500. The van der Waals surface area contributed by atoms with Crippen LogP contribution in [0.5, 0.6) is 0 Å². The zero-order valence-corrected chi connectivity index (χ0v) is 13.7. The van der Waals surface area contributed by atoms with Gasteiger partial charge in [0.2, 0.25) is 0 Å². The van der Waals surface area contributed by atoms with Crippen LogP contribution in [0.15, 0.2) is 24.4 Å². The van der Waals surface area contributed by atoms with Gasteiger partial charge in [-0.05, 0) is 50.6 Å². The van der Waals surface area contributed by atoms with Crippen molar-refractivity contribution >= 4 is 0 Å². The molecule has 0 fully saturated rings. The first-order chi connectivity index (χ1) is 10.2. The van der Waals surface area contributed by atoms with Gasteiger partial charge in [-0.3, -0.25) is 10.00 Å². The minimum Gasteiger partial charge on any atom is -0.299 e. The van der Waals surface area contributed by atoms with Gasteiger partial charge in [-0.1, -0.05) is 32.4 Å². The third-order valence-electron chi connectivity index (χ3n) is 4.18. The summed E-state index contributed by atoms with van der Waals surface area (Å²) >= 11 is 0.